The Labute approximate surface area is 132 Å². The van der Waals surface area contributed by atoms with E-state index in [9.17, 15) is 18.0 Å². The molecule has 1 heterocycles. The number of amides is 1. The topological polar surface area (TPSA) is 32.3 Å². The Kier molecular flexibility index (Phi) is 5.34. The molecule has 7 heteroatoms. The van der Waals surface area contributed by atoms with Gasteiger partial charge in [0.15, 0.2) is 0 Å². The SMILES string of the molecule is CC1CCCCN1CC(=O)Nc1ccc(Cl)cc1C(F)(F)F. The third-order valence-corrected chi connectivity index (χ3v) is 4.08. The van der Waals surface area contributed by atoms with Crippen LogP contribution >= 0.6 is 11.6 Å². The first-order chi connectivity index (χ1) is 10.3. The smallest absolute Gasteiger partial charge is 0.324 e. The third-order valence-electron chi connectivity index (χ3n) is 3.85. The highest BCUT2D eigenvalue weighted by Crippen LogP contribution is 2.36. The van der Waals surface area contributed by atoms with Crippen LogP contribution in [0.4, 0.5) is 18.9 Å². The van der Waals surface area contributed by atoms with Crippen LogP contribution in [0.3, 0.4) is 0 Å². The first kappa shape index (κ1) is 17.1. The normalized spacial score (nSPS) is 20.0. The number of benzene rings is 1. The fourth-order valence-electron chi connectivity index (χ4n) is 2.63. The molecule has 1 aliphatic rings. The maximum atomic E-state index is 13.0. The summed E-state index contributed by atoms with van der Waals surface area (Å²) in [7, 11) is 0. The molecule has 0 radical (unpaired) electrons. The molecule has 0 aliphatic carbocycles. The van der Waals surface area contributed by atoms with Crippen LogP contribution in [0, 0.1) is 0 Å². The summed E-state index contributed by atoms with van der Waals surface area (Å²) in [6.07, 6.45) is -1.44. The molecule has 1 saturated heterocycles. The summed E-state index contributed by atoms with van der Waals surface area (Å²) in [6, 6.07) is 3.60. The Hall–Kier alpha value is -1.27. The van der Waals surface area contributed by atoms with Crippen molar-refractivity contribution >= 4 is 23.2 Å². The molecular weight excluding hydrogens is 317 g/mol. The van der Waals surface area contributed by atoms with Crippen molar-refractivity contribution in [3.63, 3.8) is 0 Å². The van der Waals surface area contributed by atoms with Crippen molar-refractivity contribution in [2.45, 2.75) is 38.4 Å². The van der Waals surface area contributed by atoms with E-state index in [0.717, 1.165) is 31.9 Å². The standard InChI is InChI=1S/C15H18ClF3N2O/c1-10-4-2-3-7-21(10)9-14(22)20-13-6-5-11(16)8-12(13)15(17,18)19/h5-6,8,10H,2-4,7,9H2,1H3,(H,20,22). The molecule has 1 amide bonds. The molecule has 3 nitrogen and oxygen atoms in total. The number of hydrogen-bond acceptors (Lipinski definition) is 2. The van der Waals surface area contributed by atoms with Crippen molar-refractivity contribution in [2.24, 2.45) is 0 Å². The molecule has 1 fully saturated rings. The molecule has 1 aromatic carbocycles. The minimum absolute atomic E-state index is 0.0185. The number of alkyl halides is 3. The summed E-state index contributed by atoms with van der Waals surface area (Å²) in [5, 5.41) is 2.33. The number of rotatable bonds is 3. The van der Waals surface area contributed by atoms with Crippen LogP contribution in [0.5, 0.6) is 0 Å². The van der Waals surface area contributed by atoms with E-state index in [1.165, 1.54) is 12.1 Å². The van der Waals surface area contributed by atoms with Crippen LogP contribution in [0.15, 0.2) is 18.2 Å². The Morgan fingerprint density at radius 1 is 1.41 bits per heavy atom. The van der Waals surface area contributed by atoms with Crippen LogP contribution in [0.25, 0.3) is 0 Å². The number of nitrogens with one attached hydrogen (secondary N) is 1. The lowest BCUT2D eigenvalue weighted by atomic mass is 10.0. The Morgan fingerprint density at radius 3 is 2.77 bits per heavy atom. The molecule has 0 bridgehead atoms. The Morgan fingerprint density at radius 2 is 2.14 bits per heavy atom. The number of carbonyl (C=O) groups excluding carboxylic acids is 1. The van der Waals surface area contributed by atoms with Crippen LogP contribution < -0.4 is 5.32 Å². The number of likely N-dealkylation sites (tertiary alicyclic amines) is 1. The van der Waals surface area contributed by atoms with Gasteiger partial charge < -0.3 is 5.32 Å². The van der Waals surface area contributed by atoms with Gasteiger partial charge in [-0.25, -0.2) is 0 Å². The number of piperidine rings is 1. The molecule has 1 aromatic rings. The molecule has 1 aliphatic heterocycles. The zero-order chi connectivity index (χ0) is 16.3. The predicted octanol–water partition coefficient (Wildman–Crippen LogP) is 4.17. The molecule has 122 valence electrons. The van der Waals surface area contributed by atoms with Gasteiger partial charge in [0.2, 0.25) is 5.91 Å². The third kappa shape index (κ3) is 4.36. The number of anilines is 1. The molecule has 1 N–H and O–H groups in total. The Balaban J connectivity index is 2.08. The molecule has 22 heavy (non-hydrogen) atoms. The second-order valence-electron chi connectivity index (χ2n) is 5.55. The minimum atomic E-state index is -4.56. The zero-order valence-electron chi connectivity index (χ0n) is 12.2. The van der Waals surface area contributed by atoms with E-state index in [1.807, 2.05) is 11.8 Å². The second kappa shape index (κ2) is 6.87. The Bertz CT molecular complexity index is 548. The van der Waals surface area contributed by atoms with Gasteiger partial charge in [0.25, 0.3) is 0 Å². The molecule has 2 rings (SSSR count). The van der Waals surface area contributed by atoms with Crippen molar-refractivity contribution in [3.05, 3.63) is 28.8 Å². The van der Waals surface area contributed by atoms with Crippen molar-refractivity contribution in [1.82, 2.24) is 4.90 Å². The summed E-state index contributed by atoms with van der Waals surface area (Å²) in [5.41, 5.74) is -1.19. The van der Waals surface area contributed by atoms with Gasteiger partial charge in [-0.15, -0.1) is 0 Å². The quantitative estimate of drug-likeness (QED) is 0.899. The van der Waals surface area contributed by atoms with Crippen LogP contribution in [-0.2, 0) is 11.0 Å². The molecular formula is C15H18ClF3N2O. The van der Waals surface area contributed by atoms with Crippen molar-refractivity contribution in [2.75, 3.05) is 18.4 Å². The van der Waals surface area contributed by atoms with Gasteiger partial charge in [0.05, 0.1) is 17.8 Å². The van der Waals surface area contributed by atoms with Gasteiger partial charge in [-0.05, 0) is 44.5 Å². The molecule has 1 atom stereocenters. The molecule has 0 spiro atoms. The molecule has 1 unspecified atom stereocenters. The van der Waals surface area contributed by atoms with E-state index in [0.29, 0.717) is 0 Å². The average Bonchev–Trinajstić information content (AvgIpc) is 2.42. The van der Waals surface area contributed by atoms with Crippen molar-refractivity contribution in [1.29, 1.82) is 0 Å². The predicted molar refractivity (Wildman–Crippen MR) is 80.0 cm³/mol. The van der Waals surface area contributed by atoms with Gasteiger partial charge >= 0.3 is 6.18 Å². The summed E-state index contributed by atoms with van der Waals surface area (Å²) < 4.78 is 38.9. The highest BCUT2D eigenvalue weighted by atomic mass is 35.5. The largest absolute Gasteiger partial charge is 0.418 e. The fourth-order valence-corrected chi connectivity index (χ4v) is 2.80. The van der Waals surface area contributed by atoms with E-state index in [1.54, 1.807) is 0 Å². The first-order valence-electron chi connectivity index (χ1n) is 7.18. The molecule has 0 saturated carbocycles. The van der Waals surface area contributed by atoms with Crippen LogP contribution in [-0.4, -0.2) is 29.9 Å². The average molecular weight is 335 g/mol. The highest BCUT2D eigenvalue weighted by Gasteiger charge is 2.34. The van der Waals surface area contributed by atoms with Crippen LogP contribution in [0.1, 0.15) is 31.7 Å². The number of carbonyl (C=O) groups is 1. The number of nitrogens with zero attached hydrogens (tertiary/aromatic N) is 1. The van der Waals surface area contributed by atoms with E-state index in [2.05, 4.69) is 5.32 Å². The number of halogens is 4. The van der Waals surface area contributed by atoms with Crippen molar-refractivity contribution in [3.8, 4) is 0 Å². The zero-order valence-corrected chi connectivity index (χ0v) is 13.0. The van der Waals surface area contributed by atoms with Gasteiger partial charge in [-0.1, -0.05) is 18.0 Å². The first-order valence-corrected chi connectivity index (χ1v) is 7.56. The summed E-state index contributed by atoms with van der Waals surface area (Å²) in [5.74, 6) is -0.443. The maximum absolute atomic E-state index is 13.0. The lowest BCUT2D eigenvalue weighted by Crippen LogP contribution is -2.42. The minimum Gasteiger partial charge on any atom is -0.324 e. The van der Waals surface area contributed by atoms with E-state index in [-0.39, 0.29) is 23.3 Å². The summed E-state index contributed by atoms with van der Waals surface area (Å²) >= 11 is 5.61. The summed E-state index contributed by atoms with van der Waals surface area (Å²) in [4.78, 5) is 14.0. The lowest BCUT2D eigenvalue weighted by molar-refractivity contribution is -0.137. The van der Waals surface area contributed by atoms with Gasteiger partial charge in [0.1, 0.15) is 0 Å². The van der Waals surface area contributed by atoms with Gasteiger partial charge in [-0.2, -0.15) is 13.2 Å². The van der Waals surface area contributed by atoms with Gasteiger partial charge in [0, 0.05) is 11.1 Å². The number of hydrogen-bond donors (Lipinski definition) is 1. The van der Waals surface area contributed by atoms with E-state index in [4.69, 9.17) is 11.6 Å². The van der Waals surface area contributed by atoms with E-state index >= 15 is 0 Å². The fraction of sp³-hybridized carbons (Fsp3) is 0.533. The van der Waals surface area contributed by atoms with Gasteiger partial charge in [-0.3, -0.25) is 9.69 Å². The maximum Gasteiger partial charge on any atom is 0.418 e. The summed E-state index contributed by atoms with van der Waals surface area (Å²) in [6.45, 7) is 2.91. The second-order valence-corrected chi connectivity index (χ2v) is 5.99. The highest BCUT2D eigenvalue weighted by molar-refractivity contribution is 6.30. The van der Waals surface area contributed by atoms with Crippen molar-refractivity contribution < 1.29 is 18.0 Å². The lowest BCUT2D eigenvalue weighted by Gasteiger charge is -2.32. The monoisotopic (exact) mass is 334 g/mol. The van der Waals surface area contributed by atoms with E-state index < -0.39 is 17.6 Å². The molecule has 0 aromatic heterocycles. The van der Waals surface area contributed by atoms with Crippen LogP contribution in [0.2, 0.25) is 5.02 Å².